The minimum Gasteiger partial charge on any atom is -0.410 e. The SMILES string of the molecule is CCCCCCCCCCc1cccc(OC(=O)Nc2ccc(C)c(NC(=O)Oc3cccc(CCCCCCCCCC)c3CCCCCCCCCC)c2)c1CCCCCCCCCC. The average Bonchev–Trinajstić information content (AvgIpc) is 3.32. The van der Waals surface area contributed by atoms with Gasteiger partial charge < -0.3 is 9.47 Å². The van der Waals surface area contributed by atoms with Gasteiger partial charge in [-0.2, -0.15) is 0 Å². The Kier molecular flexibility index (Phi) is 32.7. The van der Waals surface area contributed by atoms with E-state index in [9.17, 15) is 9.59 Å². The van der Waals surface area contributed by atoms with Gasteiger partial charge in [0.15, 0.2) is 0 Å². The van der Waals surface area contributed by atoms with Crippen LogP contribution in [-0.2, 0) is 25.7 Å². The summed E-state index contributed by atoms with van der Waals surface area (Å²) in [5.41, 5.74) is 6.96. The number of hydrogen-bond donors (Lipinski definition) is 2. The normalized spacial score (nSPS) is 11.2. The number of nitrogens with one attached hydrogen (secondary N) is 2. The Labute approximate surface area is 411 Å². The second-order valence-corrected chi connectivity index (χ2v) is 19.7. The number of aryl methyl sites for hydroxylation is 3. The van der Waals surface area contributed by atoms with Crippen LogP contribution in [0.15, 0.2) is 54.6 Å². The van der Waals surface area contributed by atoms with E-state index in [1.54, 1.807) is 6.07 Å². The zero-order valence-corrected chi connectivity index (χ0v) is 43.8. The van der Waals surface area contributed by atoms with Crippen LogP contribution in [0.25, 0.3) is 0 Å². The molecule has 0 aliphatic carbocycles. The zero-order chi connectivity index (χ0) is 48.0. The number of benzene rings is 3. The van der Waals surface area contributed by atoms with Crippen molar-refractivity contribution in [2.45, 2.75) is 266 Å². The summed E-state index contributed by atoms with van der Waals surface area (Å²) in [7, 11) is 0. The van der Waals surface area contributed by atoms with E-state index in [1.807, 2.05) is 43.3 Å². The van der Waals surface area contributed by atoms with Gasteiger partial charge in [-0.3, -0.25) is 10.6 Å². The highest BCUT2D eigenvalue weighted by Gasteiger charge is 2.17. The molecule has 3 rings (SSSR count). The second-order valence-electron chi connectivity index (χ2n) is 19.7. The van der Waals surface area contributed by atoms with Crippen LogP contribution in [-0.4, -0.2) is 12.2 Å². The molecule has 0 saturated carbocycles. The summed E-state index contributed by atoms with van der Waals surface area (Å²) in [5, 5.41) is 5.96. The van der Waals surface area contributed by atoms with E-state index in [1.165, 1.54) is 202 Å². The molecule has 0 unspecified atom stereocenters. The van der Waals surface area contributed by atoms with Crippen LogP contribution in [0.2, 0.25) is 0 Å². The molecule has 0 spiro atoms. The van der Waals surface area contributed by atoms with Crippen molar-refractivity contribution in [1.29, 1.82) is 0 Å². The molecule has 0 bridgehead atoms. The van der Waals surface area contributed by atoms with Gasteiger partial charge in [0.1, 0.15) is 11.5 Å². The molecule has 0 heterocycles. The van der Waals surface area contributed by atoms with Crippen LogP contribution in [0.1, 0.15) is 261 Å². The highest BCUT2D eigenvalue weighted by atomic mass is 16.6. The molecule has 3 aromatic rings. The number of unbranched alkanes of at least 4 members (excludes halogenated alkanes) is 28. The zero-order valence-electron chi connectivity index (χ0n) is 43.8. The largest absolute Gasteiger partial charge is 0.417 e. The standard InChI is InChI=1S/C61H98N2O4/c1-6-10-14-18-22-26-30-34-40-52-42-38-46-58(55(52)44-36-32-28-24-20-16-12-8-3)66-60(64)62-54-49-48-51(5)57(50-54)63-61(65)67-59-47-39-43-53(41-35-31-27-23-19-15-11-7-2)56(59)45-37-33-29-25-21-17-13-9-4/h38-39,42-43,46-50H,6-37,40-41,44-45H2,1-5H3,(H,62,64)(H,63,65). The molecule has 2 amide bonds. The molecule has 0 aromatic heterocycles. The average molecular weight is 923 g/mol. The van der Waals surface area contributed by atoms with Crippen LogP contribution >= 0.6 is 0 Å². The predicted molar refractivity (Wildman–Crippen MR) is 289 cm³/mol. The van der Waals surface area contributed by atoms with E-state index < -0.39 is 12.2 Å². The van der Waals surface area contributed by atoms with Crippen molar-refractivity contribution in [1.82, 2.24) is 0 Å². The maximum Gasteiger partial charge on any atom is 0.417 e. The van der Waals surface area contributed by atoms with Crippen molar-refractivity contribution in [3.05, 3.63) is 82.4 Å². The number of ether oxygens (including phenoxy) is 2. The number of rotatable bonds is 40. The molecule has 2 N–H and O–H groups in total. The third-order valence-electron chi connectivity index (χ3n) is 13.7. The predicted octanol–water partition coefficient (Wildman–Crippen LogP) is 19.9. The molecule has 0 aliphatic heterocycles. The number of carbonyl (C=O) groups is 2. The molecule has 6 heteroatoms. The highest BCUT2D eigenvalue weighted by molar-refractivity contribution is 5.91. The number of anilines is 2. The molecule has 0 radical (unpaired) electrons. The van der Waals surface area contributed by atoms with Crippen molar-refractivity contribution in [2.75, 3.05) is 10.6 Å². The first-order valence-electron chi connectivity index (χ1n) is 28.2. The monoisotopic (exact) mass is 923 g/mol. The lowest BCUT2D eigenvalue weighted by atomic mass is 9.95. The van der Waals surface area contributed by atoms with Crippen LogP contribution in [0, 0.1) is 6.92 Å². The van der Waals surface area contributed by atoms with E-state index in [0.717, 1.165) is 56.9 Å². The molecule has 0 saturated heterocycles. The first-order chi connectivity index (χ1) is 32.9. The maximum atomic E-state index is 13.7. The van der Waals surface area contributed by atoms with Crippen molar-refractivity contribution >= 4 is 23.6 Å². The lowest BCUT2D eigenvalue weighted by Crippen LogP contribution is -2.20. The van der Waals surface area contributed by atoms with Gasteiger partial charge in [0.25, 0.3) is 0 Å². The van der Waals surface area contributed by atoms with E-state index in [0.29, 0.717) is 22.9 Å². The van der Waals surface area contributed by atoms with Gasteiger partial charge in [0, 0.05) is 11.4 Å². The van der Waals surface area contributed by atoms with Crippen molar-refractivity contribution in [2.24, 2.45) is 0 Å². The van der Waals surface area contributed by atoms with E-state index >= 15 is 0 Å². The Morgan fingerprint density at radius 3 is 1.09 bits per heavy atom. The number of carbonyl (C=O) groups excluding carboxylic acids is 2. The first-order valence-corrected chi connectivity index (χ1v) is 28.2. The van der Waals surface area contributed by atoms with Gasteiger partial charge >= 0.3 is 12.2 Å². The van der Waals surface area contributed by atoms with Crippen molar-refractivity contribution in [3.8, 4) is 11.5 Å². The summed E-state index contributed by atoms with van der Waals surface area (Å²) in [5.74, 6) is 1.31. The van der Waals surface area contributed by atoms with Gasteiger partial charge in [-0.1, -0.05) is 238 Å². The molecular weight excluding hydrogens is 825 g/mol. The van der Waals surface area contributed by atoms with E-state index in [4.69, 9.17) is 9.47 Å². The van der Waals surface area contributed by atoms with Gasteiger partial charge in [-0.15, -0.1) is 0 Å². The fourth-order valence-electron chi connectivity index (χ4n) is 9.53. The molecule has 0 fully saturated rings. The summed E-state index contributed by atoms with van der Waals surface area (Å²) in [4.78, 5) is 27.2. The Morgan fingerprint density at radius 1 is 0.388 bits per heavy atom. The number of amides is 2. The van der Waals surface area contributed by atoms with Crippen LogP contribution in [0.3, 0.4) is 0 Å². The Balaban J connectivity index is 1.66. The quantitative estimate of drug-likeness (QED) is 0.0557. The van der Waals surface area contributed by atoms with E-state index in [2.05, 4.69) is 50.5 Å². The first kappa shape index (κ1) is 57.5. The Hall–Kier alpha value is -3.80. The fraction of sp³-hybridized carbons (Fsp3) is 0.672. The molecular formula is C61H98N2O4. The van der Waals surface area contributed by atoms with Gasteiger partial charge in [0.2, 0.25) is 0 Å². The third-order valence-corrected chi connectivity index (χ3v) is 13.7. The van der Waals surface area contributed by atoms with Crippen LogP contribution in [0.5, 0.6) is 11.5 Å². The maximum absolute atomic E-state index is 13.7. The Morgan fingerprint density at radius 2 is 0.716 bits per heavy atom. The van der Waals surface area contributed by atoms with Gasteiger partial charge in [-0.25, -0.2) is 9.59 Å². The molecule has 0 atom stereocenters. The van der Waals surface area contributed by atoms with Gasteiger partial charge in [0.05, 0.1) is 0 Å². The summed E-state index contributed by atoms with van der Waals surface area (Å²) >= 11 is 0. The van der Waals surface area contributed by atoms with E-state index in [-0.39, 0.29) is 0 Å². The Bertz CT molecular complexity index is 1740. The van der Waals surface area contributed by atoms with Gasteiger partial charge in [-0.05, 0) is 110 Å². The minimum atomic E-state index is -0.530. The fourth-order valence-corrected chi connectivity index (χ4v) is 9.53. The smallest absolute Gasteiger partial charge is 0.410 e. The molecule has 0 aliphatic rings. The highest BCUT2D eigenvalue weighted by Crippen LogP contribution is 2.30. The summed E-state index contributed by atoms with van der Waals surface area (Å²) < 4.78 is 12.3. The number of hydrogen-bond acceptors (Lipinski definition) is 4. The molecule has 67 heavy (non-hydrogen) atoms. The minimum absolute atomic E-state index is 0.525. The molecule has 376 valence electrons. The summed E-state index contributed by atoms with van der Waals surface area (Å²) in [6, 6.07) is 18.0. The van der Waals surface area contributed by atoms with Crippen molar-refractivity contribution in [3.63, 3.8) is 0 Å². The van der Waals surface area contributed by atoms with Crippen LogP contribution in [0.4, 0.5) is 21.0 Å². The third kappa shape index (κ3) is 26.0. The topological polar surface area (TPSA) is 76.7 Å². The summed E-state index contributed by atoms with van der Waals surface area (Å²) in [6.07, 6.45) is 43.6. The van der Waals surface area contributed by atoms with Crippen LogP contribution < -0.4 is 20.1 Å². The summed E-state index contributed by atoms with van der Waals surface area (Å²) in [6.45, 7) is 11.0. The van der Waals surface area contributed by atoms with Crippen molar-refractivity contribution < 1.29 is 19.1 Å². The lowest BCUT2D eigenvalue weighted by Gasteiger charge is -2.17. The molecule has 3 aromatic carbocycles. The lowest BCUT2D eigenvalue weighted by molar-refractivity contribution is 0.213. The second kappa shape index (κ2) is 38.1. The molecule has 6 nitrogen and oxygen atoms in total.